The topological polar surface area (TPSA) is 78.4 Å². The first kappa shape index (κ1) is 21.6. The lowest BCUT2D eigenvalue weighted by Gasteiger charge is -2.21. The molecule has 7 heteroatoms. The number of aliphatic imine (C=N–C) groups is 1. The molecule has 2 aromatic rings. The zero-order chi connectivity index (χ0) is 21.3. The van der Waals surface area contributed by atoms with Crippen molar-refractivity contribution in [3.8, 4) is 17.2 Å². The van der Waals surface area contributed by atoms with E-state index in [1.165, 1.54) is 0 Å². The number of phenols is 1. The molecule has 1 unspecified atom stereocenters. The van der Waals surface area contributed by atoms with Crippen LogP contribution in [0, 0.1) is 0 Å². The molecule has 30 heavy (non-hydrogen) atoms. The Kier molecular flexibility index (Phi) is 7.65. The number of phenolic OH excluding ortho intramolecular Hbond substituents is 1. The van der Waals surface area contributed by atoms with Gasteiger partial charge >= 0.3 is 0 Å². The number of guanidine groups is 1. The van der Waals surface area contributed by atoms with Crippen molar-refractivity contribution in [2.24, 2.45) is 4.99 Å². The van der Waals surface area contributed by atoms with Gasteiger partial charge in [0.25, 0.3) is 0 Å². The van der Waals surface area contributed by atoms with E-state index in [9.17, 15) is 5.11 Å². The van der Waals surface area contributed by atoms with E-state index in [2.05, 4.69) is 22.5 Å². The van der Waals surface area contributed by atoms with E-state index in [1.54, 1.807) is 26.4 Å². The third-order valence-electron chi connectivity index (χ3n) is 5.16. The highest BCUT2D eigenvalue weighted by Gasteiger charge is 2.24. The fourth-order valence-corrected chi connectivity index (χ4v) is 3.61. The van der Waals surface area contributed by atoms with E-state index >= 15 is 0 Å². The molecule has 1 aliphatic heterocycles. The molecule has 0 aromatic heterocycles. The fraction of sp³-hybridized carbons (Fsp3) is 0.435. The summed E-state index contributed by atoms with van der Waals surface area (Å²) in [5.41, 5.74) is 2.18. The third kappa shape index (κ3) is 5.95. The predicted octanol–water partition coefficient (Wildman–Crippen LogP) is 2.79. The number of nitrogens with one attached hydrogen (secondary N) is 2. The molecule has 0 radical (unpaired) electrons. The Morgan fingerprint density at radius 2 is 1.93 bits per heavy atom. The molecule has 0 amide bonds. The molecule has 0 bridgehead atoms. The maximum atomic E-state index is 9.60. The molecule has 7 nitrogen and oxygen atoms in total. The van der Waals surface area contributed by atoms with Crippen LogP contribution in [0.4, 0.5) is 5.69 Å². The Hall–Kier alpha value is -3.09. The second-order valence-electron chi connectivity index (χ2n) is 7.33. The Bertz CT molecular complexity index is 834. The number of nitrogens with zero attached hydrogens (tertiary/aromatic N) is 2. The predicted molar refractivity (Wildman–Crippen MR) is 121 cm³/mol. The van der Waals surface area contributed by atoms with Gasteiger partial charge in [0.2, 0.25) is 0 Å². The van der Waals surface area contributed by atoms with Crippen molar-refractivity contribution in [1.82, 2.24) is 10.6 Å². The molecular formula is C23H32N4O3. The zero-order valence-corrected chi connectivity index (χ0v) is 18.0. The van der Waals surface area contributed by atoms with Crippen LogP contribution in [0.2, 0.25) is 0 Å². The number of anilines is 1. The fourth-order valence-electron chi connectivity index (χ4n) is 3.61. The van der Waals surface area contributed by atoms with Crippen LogP contribution in [-0.4, -0.2) is 57.5 Å². The highest BCUT2D eigenvalue weighted by molar-refractivity contribution is 5.80. The first-order valence-corrected chi connectivity index (χ1v) is 10.4. The van der Waals surface area contributed by atoms with Gasteiger partial charge in [-0.15, -0.1) is 0 Å². The van der Waals surface area contributed by atoms with Crippen molar-refractivity contribution in [2.75, 3.05) is 45.3 Å². The average Bonchev–Trinajstić information content (AvgIpc) is 3.22. The summed E-state index contributed by atoms with van der Waals surface area (Å²) in [7, 11) is 3.34. The van der Waals surface area contributed by atoms with Crippen molar-refractivity contribution in [1.29, 1.82) is 0 Å². The summed E-state index contributed by atoms with van der Waals surface area (Å²) in [6.07, 6.45) is 1.81. The van der Waals surface area contributed by atoms with Crippen LogP contribution in [0.15, 0.2) is 47.5 Å². The summed E-state index contributed by atoms with van der Waals surface area (Å²) in [6.45, 7) is 5.36. The molecule has 3 N–H and O–H groups in total. The lowest BCUT2D eigenvalue weighted by Crippen LogP contribution is -2.44. The summed E-state index contributed by atoms with van der Waals surface area (Å²) >= 11 is 0. The summed E-state index contributed by atoms with van der Waals surface area (Å²) in [4.78, 5) is 7.04. The first-order valence-electron chi connectivity index (χ1n) is 10.4. The highest BCUT2D eigenvalue weighted by atomic mass is 16.5. The molecule has 2 aromatic carbocycles. The molecule has 0 aliphatic carbocycles. The van der Waals surface area contributed by atoms with Gasteiger partial charge in [-0.25, -0.2) is 0 Å². The van der Waals surface area contributed by atoms with Crippen molar-refractivity contribution in [2.45, 2.75) is 25.8 Å². The van der Waals surface area contributed by atoms with Crippen molar-refractivity contribution in [3.63, 3.8) is 0 Å². The van der Waals surface area contributed by atoms with Gasteiger partial charge in [0, 0.05) is 56.1 Å². The first-order chi connectivity index (χ1) is 14.6. The zero-order valence-electron chi connectivity index (χ0n) is 18.0. The van der Waals surface area contributed by atoms with Gasteiger partial charge in [-0.3, -0.25) is 4.99 Å². The van der Waals surface area contributed by atoms with Crippen LogP contribution in [0.1, 0.15) is 18.9 Å². The molecule has 0 spiro atoms. The number of hydrogen-bond donors (Lipinski definition) is 3. The van der Waals surface area contributed by atoms with Gasteiger partial charge < -0.3 is 30.1 Å². The van der Waals surface area contributed by atoms with Crippen LogP contribution in [0.5, 0.6) is 17.2 Å². The van der Waals surface area contributed by atoms with Gasteiger partial charge in [-0.2, -0.15) is 0 Å². The summed E-state index contributed by atoms with van der Waals surface area (Å²) in [5.74, 6) is 2.71. The van der Waals surface area contributed by atoms with E-state index in [4.69, 9.17) is 14.5 Å². The van der Waals surface area contributed by atoms with Gasteiger partial charge in [-0.1, -0.05) is 12.1 Å². The molecule has 0 saturated carbocycles. The van der Waals surface area contributed by atoms with E-state index < -0.39 is 0 Å². The van der Waals surface area contributed by atoms with E-state index in [0.29, 0.717) is 18.3 Å². The minimum absolute atomic E-state index is 0.293. The van der Waals surface area contributed by atoms with Crippen molar-refractivity contribution >= 4 is 11.6 Å². The monoisotopic (exact) mass is 412 g/mol. The molecule has 1 aliphatic rings. The lowest BCUT2D eigenvalue weighted by atomic mass is 10.1. The Morgan fingerprint density at radius 1 is 1.17 bits per heavy atom. The summed E-state index contributed by atoms with van der Waals surface area (Å²) < 4.78 is 10.8. The number of rotatable bonds is 8. The highest BCUT2D eigenvalue weighted by Crippen LogP contribution is 2.30. The molecule has 3 rings (SSSR count). The van der Waals surface area contributed by atoms with E-state index in [-0.39, 0.29) is 0 Å². The summed E-state index contributed by atoms with van der Waals surface area (Å²) in [6, 6.07) is 13.6. The minimum Gasteiger partial charge on any atom is -0.508 e. The van der Waals surface area contributed by atoms with Gasteiger partial charge in [0.05, 0.1) is 14.2 Å². The normalized spacial score (nSPS) is 16.4. The molecule has 1 heterocycles. The molecule has 1 atom stereocenters. The number of ether oxygens (including phenoxy) is 2. The maximum absolute atomic E-state index is 9.60. The Balaban J connectivity index is 1.59. The molecule has 1 saturated heterocycles. The van der Waals surface area contributed by atoms with Crippen LogP contribution in [-0.2, 0) is 6.42 Å². The van der Waals surface area contributed by atoms with Crippen molar-refractivity contribution < 1.29 is 14.6 Å². The number of aromatic hydroxyl groups is 1. The Labute approximate surface area is 178 Å². The second-order valence-corrected chi connectivity index (χ2v) is 7.33. The van der Waals surface area contributed by atoms with Gasteiger partial charge in [-0.05, 0) is 37.5 Å². The number of benzene rings is 2. The molecule has 1 fully saturated rings. The molecule has 162 valence electrons. The van der Waals surface area contributed by atoms with Crippen molar-refractivity contribution in [3.05, 3.63) is 48.0 Å². The van der Waals surface area contributed by atoms with Crippen LogP contribution in [0.3, 0.4) is 0 Å². The van der Waals surface area contributed by atoms with Gasteiger partial charge in [0.15, 0.2) is 5.96 Å². The number of methoxy groups -OCH3 is 2. The Morgan fingerprint density at radius 3 is 2.60 bits per heavy atom. The lowest BCUT2D eigenvalue weighted by molar-refractivity contribution is 0.394. The average molecular weight is 413 g/mol. The standard InChI is InChI=1S/C23H32N4O3/c1-4-24-23(25-10-8-17-6-5-7-20(28)12-17)26-18-9-11-27(16-18)19-13-21(29-2)15-22(14-19)30-3/h5-7,12-15,18,28H,4,8-11,16H2,1-3H3,(H2,24,25,26). The smallest absolute Gasteiger partial charge is 0.191 e. The third-order valence-corrected chi connectivity index (χ3v) is 5.16. The molecular weight excluding hydrogens is 380 g/mol. The second kappa shape index (κ2) is 10.6. The van der Waals surface area contributed by atoms with Crippen LogP contribution in [0.25, 0.3) is 0 Å². The van der Waals surface area contributed by atoms with Gasteiger partial charge in [0.1, 0.15) is 17.2 Å². The number of hydrogen-bond acceptors (Lipinski definition) is 5. The maximum Gasteiger partial charge on any atom is 0.191 e. The van der Waals surface area contributed by atoms with Crippen LogP contribution < -0.4 is 25.0 Å². The minimum atomic E-state index is 0.293. The van der Waals surface area contributed by atoms with E-state index in [1.807, 2.05) is 30.3 Å². The largest absolute Gasteiger partial charge is 0.508 e. The van der Waals surface area contributed by atoms with Crippen LogP contribution >= 0.6 is 0 Å². The quantitative estimate of drug-likeness (QED) is 0.457. The SMILES string of the molecule is CCNC(=NCCc1cccc(O)c1)NC1CCN(c2cc(OC)cc(OC)c2)C1. The summed E-state index contributed by atoms with van der Waals surface area (Å²) in [5, 5.41) is 16.5. The van der Waals surface area contributed by atoms with E-state index in [0.717, 1.165) is 61.2 Å².